The quantitative estimate of drug-likeness (QED) is 0.0564. The van der Waals surface area contributed by atoms with E-state index in [1.807, 2.05) is 13.8 Å². The van der Waals surface area contributed by atoms with E-state index < -0.39 is 23.6 Å². The van der Waals surface area contributed by atoms with E-state index >= 15 is 0 Å². The second-order valence-corrected chi connectivity index (χ2v) is 12.7. The van der Waals surface area contributed by atoms with Gasteiger partial charge in [0, 0.05) is 0 Å². The van der Waals surface area contributed by atoms with Crippen molar-refractivity contribution in [3.63, 3.8) is 0 Å². The minimum absolute atomic E-state index is 0.000523. The molecule has 0 spiro atoms. The Morgan fingerprint density at radius 3 is 1.86 bits per heavy atom. The Balaban J connectivity index is 1.45. The molecule has 2 atom stereocenters. The number of hydrogen-bond acceptors (Lipinski definition) is 6. The van der Waals surface area contributed by atoms with Crippen LogP contribution in [0.25, 0.3) is 11.1 Å². The lowest BCUT2D eigenvalue weighted by atomic mass is 10.0. The molecule has 0 aliphatic heterocycles. The Labute approximate surface area is 291 Å². The number of carbonyl (C=O) groups is 2. The van der Waals surface area contributed by atoms with E-state index in [9.17, 15) is 18.4 Å². The maximum atomic E-state index is 14.8. The van der Waals surface area contributed by atoms with Crippen LogP contribution in [0.5, 0.6) is 11.5 Å². The van der Waals surface area contributed by atoms with Crippen LogP contribution in [0.3, 0.4) is 0 Å². The SMILES string of the molecule is CCCCCCCCCCCCOc1ccc(-c2ccc(C(=O)Oc3ccc(C(=O)OC[C@H](CC)OC(C)CCC)cc3F)cc2)cc1F. The van der Waals surface area contributed by atoms with Gasteiger partial charge >= 0.3 is 11.9 Å². The van der Waals surface area contributed by atoms with E-state index in [2.05, 4.69) is 13.8 Å². The third kappa shape index (κ3) is 13.9. The molecule has 0 amide bonds. The molecule has 49 heavy (non-hydrogen) atoms. The zero-order valence-electron chi connectivity index (χ0n) is 29.7. The molecule has 3 aromatic rings. The maximum Gasteiger partial charge on any atom is 0.343 e. The van der Waals surface area contributed by atoms with Gasteiger partial charge in [-0.2, -0.15) is 0 Å². The van der Waals surface area contributed by atoms with Crippen molar-refractivity contribution in [1.82, 2.24) is 0 Å². The first-order valence-corrected chi connectivity index (χ1v) is 18.1. The molecule has 0 saturated carbocycles. The number of carbonyl (C=O) groups excluding carboxylic acids is 2. The zero-order chi connectivity index (χ0) is 35.4. The second-order valence-electron chi connectivity index (χ2n) is 12.7. The summed E-state index contributed by atoms with van der Waals surface area (Å²) in [6.45, 7) is 8.76. The third-order valence-corrected chi connectivity index (χ3v) is 8.49. The van der Waals surface area contributed by atoms with Crippen LogP contribution in [0.1, 0.15) is 132 Å². The Morgan fingerprint density at radius 2 is 1.24 bits per heavy atom. The van der Waals surface area contributed by atoms with Gasteiger partial charge in [-0.3, -0.25) is 0 Å². The summed E-state index contributed by atoms with van der Waals surface area (Å²) in [5.41, 5.74) is 1.51. The van der Waals surface area contributed by atoms with Gasteiger partial charge in [-0.1, -0.05) is 103 Å². The molecule has 0 aliphatic rings. The van der Waals surface area contributed by atoms with E-state index in [0.717, 1.165) is 31.7 Å². The summed E-state index contributed by atoms with van der Waals surface area (Å²) in [5.74, 6) is -2.88. The summed E-state index contributed by atoms with van der Waals surface area (Å²) in [5, 5.41) is 0. The molecular formula is C41H54F2O6. The highest BCUT2D eigenvalue weighted by atomic mass is 19.1. The van der Waals surface area contributed by atoms with Crippen molar-refractivity contribution in [2.75, 3.05) is 13.2 Å². The molecule has 0 aromatic heterocycles. The summed E-state index contributed by atoms with van der Waals surface area (Å²) in [4.78, 5) is 25.3. The molecule has 268 valence electrons. The summed E-state index contributed by atoms with van der Waals surface area (Å²) >= 11 is 0. The largest absolute Gasteiger partial charge is 0.491 e. The first kappa shape index (κ1) is 39.7. The minimum Gasteiger partial charge on any atom is -0.491 e. The highest BCUT2D eigenvalue weighted by Crippen LogP contribution is 2.27. The molecule has 0 N–H and O–H groups in total. The van der Waals surface area contributed by atoms with E-state index in [4.69, 9.17) is 18.9 Å². The molecule has 6 nitrogen and oxygen atoms in total. The van der Waals surface area contributed by atoms with Crippen molar-refractivity contribution < 1.29 is 37.3 Å². The van der Waals surface area contributed by atoms with E-state index in [-0.39, 0.29) is 41.4 Å². The number of hydrogen-bond donors (Lipinski definition) is 0. The highest BCUT2D eigenvalue weighted by molar-refractivity contribution is 5.92. The smallest absolute Gasteiger partial charge is 0.343 e. The third-order valence-electron chi connectivity index (χ3n) is 8.49. The van der Waals surface area contributed by atoms with Crippen LogP contribution in [-0.4, -0.2) is 37.4 Å². The Bertz CT molecular complexity index is 1420. The van der Waals surface area contributed by atoms with Gasteiger partial charge in [0.1, 0.15) is 6.61 Å². The number of halogens is 2. The van der Waals surface area contributed by atoms with Crippen LogP contribution >= 0.6 is 0 Å². The number of benzene rings is 3. The Kier molecular flexibility index (Phi) is 17.8. The van der Waals surface area contributed by atoms with E-state index in [0.29, 0.717) is 24.2 Å². The van der Waals surface area contributed by atoms with Crippen LogP contribution in [0, 0.1) is 11.6 Å². The molecule has 3 rings (SSSR count). The van der Waals surface area contributed by atoms with Gasteiger partial charge in [0.25, 0.3) is 0 Å². The Morgan fingerprint density at radius 1 is 0.653 bits per heavy atom. The molecule has 0 heterocycles. The fourth-order valence-electron chi connectivity index (χ4n) is 5.55. The van der Waals surface area contributed by atoms with Crippen molar-refractivity contribution in [3.05, 3.63) is 83.4 Å². The van der Waals surface area contributed by atoms with E-state index in [1.54, 1.807) is 24.3 Å². The number of ether oxygens (including phenoxy) is 4. The van der Waals surface area contributed by atoms with Gasteiger partial charge < -0.3 is 18.9 Å². The van der Waals surface area contributed by atoms with Crippen molar-refractivity contribution in [2.45, 2.75) is 123 Å². The summed E-state index contributed by atoms with van der Waals surface area (Å²) in [7, 11) is 0. The molecule has 0 bridgehead atoms. The van der Waals surface area contributed by atoms with Gasteiger partial charge in [-0.25, -0.2) is 18.4 Å². The van der Waals surface area contributed by atoms with Crippen molar-refractivity contribution in [2.24, 2.45) is 0 Å². The summed E-state index contributed by atoms with van der Waals surface area (Å²) in [6, 6.07) is 14.7. The lowest BCUT2D eigenvalue weighted by Crippen LogP contribution is -2.25. The zero-order valence-corrected chi connectivity index (χ0v) is 29.7. The molecule has 0 fully saturated rings. The number of esters is 2. The van der Waals surface area contributed by atoms with Crippen molar-refractivity contribution >= 4 is 11.9 Å². The monoisotopic (exact) mass is 680 g/mol. The van der Waals surface area contributed by atoms with Gasteiger partial charge in [0.2, 0.25) is 0 Å². The molecule has 1 unspecified atom stereocenters. The van der Waals surface area contributed by atoms with Crippen LogP contribution in [-0.2, 0) is 9.47 Å². The lowest BCUT2D eigenvalue weighted by Gasteiger charge is -2.21. The standard InChI is InChI=1S/C41H54F2O6/c1-5-8-9-10-11-12-13-14-15-16-26-46-38-24-22-33(27-36(38)42)31-18-20-32(21-19-31)41(45)49-39-25-23-34(28-37(39)43)40(44)47-29-35(7-3)48-30(4)17-6-2/h18-25,27-28,30,35H,5-17,26,29H2,1-4H3/t30?,35-/m0/s1. The first-order chi connectivity index (χ1) is 23.7. The molecule has 0 saturated heterocycles. The number of rotatable bonds is 23. The average molecular weight is 681 g/mol. The maximum absolute atomic E-state index is 14.8. The molecule has 8 heteroatoms. The fraction of sp³-hybridized carbons (Fsp3) is 0.512. The van der Waals surface area contributed by atoms with Crippen LogP contribution in [0.2, 0.25) is 0 Å². The molecular weight excluding hydrogens is 626 g/mol. The van der Waals surface area contributed by atoms with Crippen molar-refractivity contribution in [1.29, 1.82) is 0 Å². The topological polar surface area (TPSA) is 71.1 Å². The average Bonchev–Trinajstić information content (AvgIpc) is 3.10. The normalized spacial score (nSPS) is 12.4. The molecule has 0 radical (unpaired) electrons. The Hall–Kier alpha value is -3.78. The molecule has 3 aromatic carbocycles. The van der Waals surface area contributed by atoms with Crippen LogP contribution < -0.4 is 9.47 Å². The lowest BCUT2D eigenvalue weighted by molar-refractivity contribution is -0.0444. The minimum atomic E-state index is -0.870. The molecule has 0 aliphatic carbocycles. The summed E-state index contributed by atoms with van der Waals surface area (Å²) < 4.78 is 51.8. The van der Waals surface area contributed by atoms with Crippen LogP contribution in [0.4, 0.5) is 8.78 Å². The van der Waals surface area contributed by atoms with Gasteiger partial charge in [0.05, 0.1) is 29.9 Å². The predicted molar refractivity (Wildman–Crippen MR) is 190 cm³/mol. The van der Waals surface area contributed by atoms with Crippen LogP contribution in [0.15, 0.2) is 60.7 Å². The van der Waals surface area contributed by atoms with Gasteiger partial charge in [-0.15, -0.1) is 0 Å². The van der Waals surface area contributed by atoms with Crippen molar-refractivity contribution in [3.8, 4) is 22.6 Å². The second kappa shape index (κ2) is 22.0. The fourth-order valence-corrected chi connectivity index (χ4v) is 5.55. The predicted octanol–water partition coefficient (Wildman–Crippen LogP) is 11.3. The van der Waals surface area contributed by atoms with Gasteiger partial charge in [0.15, 0.2) is 23.1 Å². The first-order valence-electron chi connectivity index (χ1n) is 18.1. The number of unbranched alkanes of at least 4 members (excludes halogenated alkanes) is 9. The van der Waals surface area contributed by atoms with Gasteiger partial charge in [-0.05, 0) is 79.8 Å². The summed E-state index contributed by atoms with van der Waals surface area (Å²) in [6.07, 6.45) is 14.6. The van der Waals surface area contributed by atoms with E-state index in [1.165, 1.54) is 81.7 Å². The highest BCUT2D eigenvalue weighted by Gasteiger charge is 2.18.